The third-order valence-electron chi connectivity index (χ3n) is 4.39. The lowest BCUT2D eigenvalue weighted by Crippen LogP contribution is -2.40. The third-order valence-corrected chi connectivity index (χ3v) is 4.63. The summed E-state index contributed by atoms with van der Waals surface area (Å²) in [5, 5.41) is 3.88. The smallest absolute Gasteiger partial charge is 0.435 e. The quantitative estimate of drug-likeness (QED) is 0.624. The van der Waals surface area contributed by atoms with Crippen LogP contribution in [0.2, 0.25) is 5.02 Å². The van der Waals surface area contributed by atoms with E-state index >= 15 is 0 Å². The molecule has 1 aromatic heterocycles. The molecule has 2 aromatic rings. The van der Waals surface area contributed by atoms with Crippen molar-refractivity contribution in [1.29, 1.82) is 0 Å². The van der Waals surface area contributed by atoms with E-state index in [1.54, 1.807) is 20.8 Å². The molecule has 0 fully saturated rings. The van der Waals surface area contributed by atoms with Gasteiger partial charge in [-0.25, -0.2) is 9.18 Å². The minimum atomic E-state index is -4.65. The number of alkyl halides is 3. The lowest BCUT2D eigenvalue weighted by atomic mass is 10.0. The van der Waals surface area contributed by atoms with Crippen LogP contribution in [0.25, 0.3) is 0 Å². The van der Waals surface area contributed by atoms with Crippen molar-refractivity contribution in [3.8, 4) is 0 Å². The number of aromatic nitrogens is 2. The predicted octanol–water partition coefficient (Wildman–Crippen LogP) is 5.04. The molecular formula is C19H20ClF4N3O2. The van der Waals surface area contributed by atoms with E-state index in [0.717, 1.165) is 10.7 Å². The van der Waals surface area contributed by atoms with E-state index < -0.39 is 29.4 Å². The summed E-state index contributed by atoms with van der Waals surface area (Å²) in [5.41, 5.74) is -1.37. The number of benzene rings is 1. The molecular weight excluding hydrogens is 414 g/mol. The van der Waals surface area contributed by atoms with E-state index in [2.05, 4.69) is 5.10 Å². The van der Waals surface area contributed by atoms with Crippen molar-refractivity contribution < 1.29 is 27.1 Å². The van der Waals surface area contributed by atoms with Crippen LogP contribution in [-0.2, 0) is 30.4 Å². The lowest BCUT2D eigenvalue weighted by Gasteiger charge is -2.30. The molecule has 0 saturated carbocycles. The molecule has 1 aromatic carbocycles. The maximum absolute atomic E-state index is 14.2. The monoisotopic (exact) mass is 433 g/mol. The third kappa shape index (κ3) is 4.83. The Hall–Kier alpha value is -2.29. The average Bonchev–Trinajstić information content (AvgIpc) is 2.94. The van der Waals surface area contributed by atoms with Gasteiger partial charge in [-0.2, -0.15) is 18.3 Å². The number of nitrogens with zero attached hydrogens (tertiary/aromatic N) is 3. The summed E-state index contributed by atoms with van der Waals surface area (Å²) in [4.78, 5) is 13.7. The summed E-state index contributed by atoms with van der Waals surface area (Å²) >= 11 is 5.74. The van der Waals surface area contributed by atoms with Gasteiger partial charge < -0.3 is 9.64 Å². The van der Waals surface area contributed by atoms with Crippen molar-refractivity contribution in [2.45, 2.75) is 52.1 Å². The zero-order chi connectivity index (χ0) is 21.6. The number of ether oxygens (including phenoxy) is 1. The molecule has 1 amide bonds. The standard InChI is InChI=1S/C19H20ClF4N3O2/c1-18(2,3)29-17(28)26-7-6-13-15(10-26)27(25-16(13)19(22,23)24)9-11-4-5-12(20)8-14(11)21/h4-5,8H,6-7,9-10H2,1-3H3. The van der Waals surface area contributed by atoms with E-state index in [9.17, 15) is 22.4 Å². The van der Waals surface area contributed by atoms with Crippen molar-refractivity contribution in [2.75, 3.05) is 6.54 Å². The zero-order valence-corrected chi connectivity index (χ0v) is 16.9. The highest BCUT2D eigenvalue weighted by molar-refractivity contribution is 6.30. The molecule has 3 rings (SSSR count). The molecule has 5 nitrogen and oxygen atoms in total. The number of rotatable bonds is 2. The van der Waals surface area contributed by atoms with Gasteiger partial charge in [-0.1, -0.05) is 17.7 Å². The number of amides is 1. The number of hydrogen-bond acceptors (Lipinski definition) is 3. The molecule has 2 heterocycles. The fourth-order valence-corrected chi connectivity index (χ4v) is 3.29. The Kier molecular flexibility index (Phi) is 5.55. The van der Waals surface area contributed by atoms with Gasteiger partial charge >= 0.3 is 12.3 Å². The molecule has 0 bridgehead atoms. The van der Waals surface area contributed by atoms with E-state index in [-0.39, 0.29) is 47.9 Å². The van der Waals surface area contributed by atoms with Gasteiger partial charge in [0, 0.05) is 22.7 Å². The van der Waals surface area contributed by atoms with Gasteiger partial charge in [0.1, 0.15) is 11.4 Å². The molecule has 10 heteroatoms. The van der Waals surface area contributed by atoms with E-state index in [1.807, 2.05) is 0 Å². The first-order valence-electron chi connectivity index (χ1n) is 8.93. The normalized spacial score (nSPS) is 14.7. The van der Waals surface area contributed by atoms with E-state index in [4.69, 9.17) is 16.3 Å². The summed E-state index contributed by atoms with van der Waals surface area (Å²) in [6.45, 7) is 4.86. The van der Waals surface area contributed by atoms with Gasteiger partial charge in [0.2, 0.25) is 0 Å². The van der Waals surface area contributed by atoms with Crippen molar-refractivity contribution in [3.63, 3.8) is 0 Å². The molecule has 0 atom stereocenters. The molecule has 0 unspecified atom stereocenters. The average molecular weight is 434 g/mol. The summed E-state index contributed by atoms with van der Waals surface area (Å²) < 4.78 is 61.0. The molecule has 0 spiro atoms. The van der Waals surface area contributed by atoms with Gasteiger partial charge in [-0.15, -0.1) is 0 Å². The molecule has 0 N–H and O–H groups in total. The second kappa shape index (κ2) is 7.51. The van der Waals surface area contributed by atoms with Crippen molar-refractivity contribution in [2.24, 2.45) is 0 Å². The molecule has 158 valence electrons. The summed E-state index contributed by atoms with van der Waals surface area (Å²) in [5.74, 6) is -0.643. The van der Waals surface area contributed by atoms with Crippen LogP contribution in [0.4, 0.5) is 22.4 Å². The summed E-state index contributed by atoms with van der Waals surface area (Å²) in [7, 11) is 0. The fourth-order valence-electron chi connectivity index (χ4n) is 3.13. The maximum Gasteiger partial charge on any atom is 0.435 e. The SMILES string of the molecule is CC(C)(C)OC(=O)N1CCc2c(C(F)(F)F)nn(Cc3ccc(Cl)cc3F)c2C1. The summed E-state index contributed by atoms with van der Waals surface area (Å²) in [6, 6.07) is 3.94. The van der Waals surface area contributed by atoms with Gasteiger partial charge in [0.15, 0.2) is 5.69 Å². The number of fused-ring (bicyclic) bond motifs is 1. The van der Waals surface area contributed by atoms with Crippen LogP contribution < -0.4 is 0 Å². The topological polar surface area (TPSA) is 47.4 Å². The van der Waals surface area contributed by atoms with Crippen molar-refractivity contribution >= 4 is 17.7 Å². The Labute approximate surface area is 170 Å². The zero-order valence-electron chi connectivity index (χ0n) is 16.1. The van der Waals surface area contributed by atoms with Gasteiger partial charge in [0.05, 0.1) is 18.8 Å². The largest absolute Gasteiger partial charge is 0.444 e. The molecule has 0 radical (unpaired) electrons. The van der Waals surface area contributed by atoms with Crippen LogP contribution in [-0.4, -0.2) is 32.9 Å². The first-order chi connectivity index (χ1) is 13.3. The van der Waals surface area contributed by atoms with Crippen LogP contribution in [0.5, 0.6) is 0 Å². The molecule has 0 saturated heterocycles. The number of carbonyl (C=O) groups excluding carboxylic acids is 1. The Morgan fingerprint density at radius 2 is 1.97 bits per heavy atom. The second-order valence-corrected chi connectivity index (χ2v) is 8.25. The van der Waals surface area contributed by atoms with Crippen molar-refractivity contribution in [1.82, 2.24) is 14.7 Å². The number of hydrogen-bond donors (Lipinski definition) is 0. The number of carbonyl (C=O) groups is 1. The van der Waals surface area contributed by atoms with Crippen LogP contribution in [0.15, 0.2) is 18.2 Å². The molecule has 0 aliphatic carbocycles. The van der Waals surface area contributed by atoms with E-state index in [1.165, 1.54) is 17.0 Å². The van der Waals surface area contributed by atoms with Gasteiger partial charge in [0.25, 0.3) is 0 Å². The Morgan fingerprint density at radius 1 is 1.28 bits per heavy atom. The van der Waals surface area contributed by atoms with Gasteiger partial charge in [-0.3, -0.25) is 4.68 Å². The van der Waals surface area contributed by atoms with Crippen LogP contribution in [0.3, 0.4) is 0 Å². The minimum absolute atomic E-state index is 0.0201. The van der Waals surface area contributed by atoms with Crippen molar-refractivity contribution in [3.05, 3.63) is 51.6 Å². The first kappa shape index (κ1) is 21.4. The van der Waals surface area contributed by atoms with Crippen LogP contribution in [0, 0.1) is 5.82 Å². The summed E-state index contributed by atoms with van der Waals surface area (Å²) in [6.07, 6.45) is -5.30. The molecule has 1 aliphatic heterocycles. The Bertz CT molecular complexity index is 935. The fraction of sp³-hybridized carbons (Fsp3) is 0.474. The van der Waals surface area contributed by atoms with E-state index in [0.29, 0.717) is 0 Å². The molecule has 29 heavy (non-hydrogen) atoms. The maximum atomic E-state index is 14.2. The van der Waals surface area contributed by atoms with Gasteiger partial charge in [-0.05, 0) is 39.3 Å². The highest BCUT2D eigenvalue weighted by Gasteiger charge is 2.41. The molecule has 1 aliphatic rings. The lowest BCUT2D eigenvalue weighted by molar-refractivity contribution is -0.142. The predicted molar refractivity (Wildman–Crippen MR) is 98.1 cm³/mol. The first-order valence-corrected chi connectivity index (χ1v) is 9.30. The Morgan fingerprint density at radius 3 is 2.55 bits per heavy atom. The minimum Gasteiger partial charge on any atom is -0.444 e. The Balaban J connectivity index is 1.96. The second-order valence-electron chi connectivity index (χ2n) is 7.82. The highest BCUT2D eigenvalue weighted by Crippen LogP contribution is 2.35. The highest BCUT2D eigenvalue weighted by atomic mass is 35.5. The number of halogens is 5. The van der Waals surface area contributed by atoms with Crippen LogP contribution >= 0.6 is 11.6 Å². The van der Waals surface area contributed by atoms with Crippen LogP contribution in [0.1, 0.15) is 43.3 Å².